The van der Waals surface area contributed by atoms with E-state index in [9.17, 15) is 5.11 Å². The second-order valence-corrected chi connectivity index (χ2v) is 5.59. The van der Waals surface area contributed by atoms with Gasteiger partial charge in [0.1, 0.15) is 5.82 Å². The maximum Gasteiger partial charge on any atom is 0.134 e. The molecule has 1 unspecified atom stereocenters. The van der Waals surface area contributed by atoms with Crippen molar-refractivity contribution in [1.29, 1.82) is 0 Å². The highest BCUT2D eigenvalue weighted by molar-refractivity contribution is 7.17. The molecule has 3 nitrogen and oxygen atoms in total. The first-order valence-corrected chi connectivity index (χ1v) is 6.78. The van der Waals surface area contributed by atoms with Crippen LogP contribution >= 0.6 is 11.3 Å². The lowest BCUT2D eigenvalue weighted by atomic mass is 10.0. The fourth-order valence-electron chi connectivity index (χ4n) is 1.95. The summed E-state index contributed by atoms with van der Waals surface area (Å²) in [6.07, 6.45) is 2.75. The predicted molar refractivity (Wildman–Crippen MR) is 73.6 cm³/mol. The van der Waals surface area contributed by atoms with Crippen molar-refractivity contribution in [3.8, 4) is 0 Å². The van der Waals surface area contributed by atoms with Crippen molar-refractivity contribution in [2.45, 2.75) is 26.3 Å². The van der Waals surface area contributed by atoms with E-state index in [-0.39, 0.29) is 12.6 Å². The van der Waals surface area contributed by atoms with Crippen molar-refractivity contribution in [2.24, 2.45) is 5.92 Å². The second-order valence-electron chi connectivity index (χ2n) is 4.65. The molecule has 2 aromatic heterocycles. The number of nitrogens with one attached hydrogen (secondary N) is 1. The lowest BCUT2D eigenvalue weighted by Crippen LogP contribution is -2.26. The number of hydrogen-bond acceptors (Lipinski definition) is 4. The van der Waals surface area contributed by atoms with Gasteiger partial charge in [-0.3, -0.25) is 0 Å². The number of nitrogens with zero attached hydrogens (tertiary/aromatic N) is 1. The third kappa shape index (κ3) is 2.96. The number of rotatable bonds is 5. The van der Waals surface area contributed by atoms with Crippen molar-refractivity contribution < 1.29 is 5.11 Å². The molecule has 2 N–H and O–H groups in total. The van der Waals surface area contributed by atoms with Crippen LogP contribution in [0.25, 0.3) is 10.1 Å². The van der Waals surface area contributed by atoms with E-state index in [1.807, 2.05) is 12.3 Å². The van der Waals surface area contributed by atoms with Crippen LogP contribution in [-0.4, -0.2) is 22.7 Å². The molecule has 0 bridgehead atoms. The van der Waals surface area contributed by atoms with E-state index in [0.717, 1.165) is 17.6 Å². The smallest absolute Gasteiger partial charge is 0.134 e. The Bertz CT molecular complexity index is 481. The molecule has 0 amide bonds. The van der Waals surface area contributed by atoms with Crippen LogP contribution < -0.4 is 5.32 Å². The number of hydrogen-bond donors (Lipinski definition) is 2. The van der Waals surface area contributed by atoms with E-state index in [4.69, 9.17) is 0 Å². The number of thiophene rings is 1. The molecule has 0 spiro atoms. The maximum absolute atomic E-state index is 9.37. The standard InChI is InChI=1S/C13H18N2OS/c1-9(2)7-10(8-16)15-13-11-4-6-17-12(11)3-5-14-13/h3-6,9-10,16H,7-8H2,1-2H3,(H,14,15). The Morgan fingerprint density at radius 3 is 2.94 bits per heavy atom. The molecule has 0 radical (unpaired) electrons. The molecule has 2 aromatic rings. The average molecular weight is 250 g/mol. The van der Waals surface area contributed by atoms with Gasteiger partial charge >= 0.3 is 0 Å². The lowest BCUT2D eigenvalue weighted by Gasteiger charge is -2.19. The van der Waals surface area contributed by atoms with E-state index in [1.165, 1.54) is 4.70 Å². The molecule has 2 rings (SSSR count). The van der Waals surface area contributed by atoms with Gasteiger partial charge in [-0.1, -0.05) is 13.8 Å². The van der Waals surface area contributed by atoms with Crippen LogP contribution in [-0.2, 0) is 0 Å². The zero-order valence-corrected chi connectivity index (χ0v) is 11.0. The van der Waals surface area contributed by atoms with Crippen molar-refractivity contribution >= 4 is 27.2 Å². The van der Waals surface area contributed by atoms with Crippen LogP contribution in [0.1, 0.15) is 20.3 Å². The second kappa shape index (κ2) is 5.47. The maximum atomic E-state index is 9.37. The van der Waals surface area contributed by atoms with Crippen molar-refractivity contribution in [1.82, 2.24) is 4.98 Å². The number of anilines is 1. The molecule has 0 saturated heterocycles. The summed E-state index contributed by atoms with van der Waals surface area (Å²) in [5.41, 5.74) is 0. The number of aliphatic hydroxyl groups excluding tert-OH is 1. The molecule has 0 fully saturated rings. The number of fused-ring (bicyclic) bond motifs is 1. The van der Waals surface area contributed by atoms with E-state index in [0.29, 0.717) is 5.92 Å². The van der Waals surface area contributed by atoms with Crippen molar-refractivity contribution in [2.75, 3.05) is 11.9 Å². The lowest BCUT2D eigenvalue weighted by molar-refractivity contribution is 0.259. The highest BCUT2D eigenvalue weighted by atomic mass is 32.1. The van der Waals surface area contributed by atoms with Gasteiger partial charge in [0.05, 0.1) is 12.6 Å². The molecule has 17 heavy (non-hydrogen) atoms. The quantitative estimate of drug-likeness (QED) is 0.857. The molecular formula is C13H18N2OS. The minimum Gasteiger partial charge on any atom is -0.394 e. The molecule has 0 aliphatic rings. The van der Waals surface area contributed by atoms with Crippen LogP contribution in [0.2, 0.25) is 0 Å². The minimum atomic E-state index is 0.0769. The summed E-state index contributed by atoms with van der Waals surface area (Å²) in [6, 6.07) is 4.16. The van der Waals surface area contributed by atoms with Gasteiger partial charge in [-0.15, -0.1) is 11.3 Å². The molecule has 0 aliphatic heterocycles. The molecule has 0 aromatic carbocycles. The van der Waals surface area contributed by atoms with Gasteiger partial charge in [0.2, 0.25) is 0 Å². The van der Waals surface area contributed by atoms with E-state index >= 15 is 0 Å². The normalized spacial score (nSPS) is 13.2. The highest BCUT2D eigenvalue weighted by Gasteiger charge is 2.12. The number of aliphatic hydroxyl groups is 1. The first kappa shape index (κ1) is 12.3. The summed E-state index contributed by atoms with van der Waals surface area (Å²) in [7, 11) is 0. The zero-order valence-electron chi connectivity index (χ0n) is 10.2. The summed E-state index contributed by atoms with van der Waals surface area (Å²) in [5, 5.41) is 15.9. The molecule has 4 heteroatoms. The summed E-state index contributed by atoms with van der Waals surface area (Å²) in [5.74, 6) is 1.43. The number of pyridine rings is 1. The SMILES string of the molecule is CC(C)CC(CO)Nc1nccc2sccc12. The summed E-state index contributed by atoms with van der Waals surface area (Å²) >= 11 is 1.71. The Balaban J connectivity index is 2.19. The predicted octanol–water partition coefficient (Wildman–Crippen LogP) is 3.12. The average Bonchev–Trinajstić information content (AvgIpc) is 2.76. The monoisotopic (exact) mass is 250 g/mol. The van der Waals surface area contributed by atoms with Gasteiger partial charge in [0.15, 0.2) is 0 Å². The fourth-order valence-corrected chi connectivity index (χ4v) is 2.73. The minimum absolute atomic E-state index is 0.0769. The van der Waals surface area contributed by atoms with Crippen LogP contribution in [0.15, 0.2) is 23.7 Å². The van der Waals surface area contributed by atoms with E-state index in [2.05, 4.69) is 35.6 Å². The summed E-state index contributed by atoms with van der Waals surface area (Å²) in [4.78, 5) is 4.36. The first-order valence-electron chi connectivity index (χ1n) is 5.90. The van der Waals surface area contributed by atoms with Crippen molar-refractivity contribution in [3.63, 3.8) is 0 Å². The Morgan fingerprint density at radius 2 is 2.24 bits per heavy atom. The Kier molecular flexibility index (Phi) is 3.97. The first-order chi connectivity index (χ1) is 8.20. The van der Waals surface area contributed by atoms with Gasteiger partial charge in [-0.2, -0.15) is 0 Å². The van der Waals surface area contributed by atoms with E-state index in [1.54, 1.807) is 11.3 Å². The highest BCUT2D eigenvalue weighted by Crippen LogP contribution is 2.26. The fraction of sp³-hybridized carbons (Fsp3) is 0.462. The van der Waals surface area contributed by atoms with E-state index < -0.39 is 0 Å². The van der Waals surface area contributed by atoms with Crippen molar-refractivity contribution in [3.05, 3.63) is 23.7 Å². The molecule has 2 heterocycles. The van der Waals surface area contributed by atoms with Gasteiger partial charge in [0.25, 0.3) is 0 Å². The zero-order chi connectivity index (χ0) is 12.3. The summed E-state index contributed by atoms with van der Waals surface area (Å²) in [6.45, 7) is 4.45. The van der Waals surface area contributed by atoms with Crippen LogP contribution in [0.3, 0.4) is 0 Å². The largest absolute Gasteiger partial charge is 0.394 e. The Hall–Kier alpha value is -1.13. The molecule has 92 valence electrons. The number of aromatic nitrogens is 1. The molecular weight excluding hydrogens is 232 g/mol. The van der Waals surface area contributed by atoms with Gasteiger partial charge in [0, 0.05) is 16.3 Å². The van der Waals surface area contributed by atoms with Crippen LogP contribution in [0.5, 0.6) is 0 Å². The molecule has 1 atom stereocenters. The molecule has 0 aliphatic carbocycles. The Morgan fingerprint density at radius 1 is 1.41 bits per heavy atom. The molecule has 0 saturated carbocycles. The van der Waals surface area contributed by atoms with Gasteiger partial charge in [-0.05, 0) is 29.9 Å². The third-order valence-corrected chi connectivity index (χ3v) is 3.58. The topological polar surface area (TPSA) is 45.1 Å². The Labute approximate surface area is 106 Å². The van der Waals surface area contributed by atoms with Gasteiger partial charge in [-0.25, -0.2) is 4.98 Å². The van der Waals surface area contributed by atoms with Crippen LogP contribution in [0, 0.1) is 5.92 Å². The van der Waals surface area contributed by atoms with Crippen LogP contribution in [0.4, 0.5) is 5.82 Å². The van der Waals surface area contributed by atoms with Gasteiger partial charge < -0.3 is 10.4 Å². The summed E-state index contributed by atoms with van der Waals surface area (Å²) < 4.78 is 1.23. The third-order valence-electron chi connectivity index (χ3n) is 2.70.